The molecular formula is C30H35N5O3. The van der Waals surface area contributed by atoms with E-state index in [0.29, 0.717) is 12.6 Å². The van der Waals surface area contributed by atoms with Gasteiger partial charge in [0.15, 0.2) is 5.88 Å². The maximum Gasteiger partial charge on any atom is 0.329 e. The number of pyridine rings is 2. The summed E-state index contributed by atoms with van der Waals surface area (Å²) in [5.41, 5.74) is 3.78. The average molecular weight is 514 g/mol. The first kappa shape index (κ1) is 24.7. The Labute approximate surface area is 222 Å². The summed E-state index contributed by atoms with van der Waals surface area (Å²) < 4.78 is 9.71. The van der Waals surface area contributed by atoms with Gasteiger partial charge in [-0.15, -0.1) is 0 Å². The maximum absolute atomic E-state index is 14.0. The van der Waals surface area contributed by atoms with Gasteiger partial charge in [0.2, 0.25) is 0 Å². The van der Waals surface area contributed by atoms with E-state index in [1.807, 2.05) is 33.5 Å². The number of piperidine rings is 1. The normalized spacial score (nSPS) is 16.4. The Balaban J connectivity index is 1.32. The molecule has 0 atom stereocenters. The van der Waals surface area contributed by atoms with Gasteiger partial charge in [0.05, 0.1) is 29.5 Å². The van der Waals surface area contributed by atoms with Gasteiger partial charge < -0.3 is 14.7 Å². The van der Waals surface area contributed by atoms with Crippen LogP contribution in [0, 0.1) is 0 Å². The average Bonchev–Trinajstić information content (AvgIpc) is 3.72. The summed E-state index contributed by atoms with van der Waals surface area (Å²) in [4.78, 5) is 25.4. The van der Waals surface area contributed by atoms with Crippen LogP contribution < -0.4 is 5.69 Å². The van der Waals surface area contributed by atoms with Crippen LogP contribution in [-0.4, -0.2) is 54.9 Å². The molecule has 0 unspecified atom stereocenters. The zero-order chi connectivity index (χ0) is 26.1. The molecule has 0 amide bonds. The molecule has 6 rings (SSSR count). The van der Waals surface area contributed by atoms with E-state index < -0.39 is 0 Å². The fourth-order valence-corrected chi connectivity index (χ4v) is 5.70. The Hall–Kier alpha value is -3.65. The van der Waals surface area contributed by atoms with E-state index in [2.05, 4.69) is 28.6 Å². The summed E-state index contributed by atoms with van der Waals surface area (Å²) in [6.07, 6.45) is 12.2. The van der Waals surface area contributed by atoms with Crippen molar-refractivity contribution in [3.63, 3.8) is 0 Å². The molecule has 2 fully saturated rings. The third-order valence-electron chi connectivity index (χ3n) is 7.91. The van der Waals surface area contributed by atoms with E-state index in [-0.39, 0.29) is 18.3 Å². The third-order valence-corrected chi connectivity index (χ3v) is 7.91. The van der Waals surface area contributed by atoms with Crippen LogP contribution in [0.1, 0.15) is 55.8 Å². The molecule has 198 valence electrons. The van der Waals surface area contributed by atoms with Crippen molar-refractivity contribution in [3.8, 4) is 0 Å². The molecule has 38 heavy (non-hydrogen) atoms. The molecule has 3 aromatic heterocycles. The molecule has 1 saturated carbocycles. The summed E-state index contributed by atoms with van der Waals surface area (Å²) in [5, 5.41) is 11.6. The van der Waals surface area contributed by atoms with Crippen LogP contribution in [0.5, 0.6) is 0 Å². The first-order valence-corrected chi connectivity index (χ1v) is 13.8. The highest BCUT2D eigenvalue weighted by Gasteiger charge is 2.29. The SMILES string of the molecule is C=C(OC1CC1)N1CCC(n2c(=O)n(Cc3ncc4ccccc4c3CCCCO)c3cnccc32)CC1. The Morgan fingerprint density at radius 3 is 2.66 bits per heavy atom. The number of rotatable bonds is 10. The predicted octanol–water partition coefficient (Wildman–Crippen LogP) is 4.40. The van der Waals surface area contributed by atoms with E-state index >= 15 is 0 Å². The molecule has 4 heterocycles. The largest absolute Gasteiger partial charge is 0.476 e. The van der Waals surface area contributed by atoms with Crippen LogP contribution in [0.25, 0.3) is 21.8 Å². The number of ether oxygens (including phenoxy) is 1. The number of hydrogen-bond donors (Lipinski definition) is 1. The maximum atomic E-state index is 14.0. The van der Waals surface area contributed by atoms with Crippen LogP contribution in [0.15, 0.2) is 66.2 Å². The smallest absolute Gasteiger partial charge is 0.329 e. The first-order chi connectivity index (χ1) is 18.6. The van der Waals surface area contributed by atoms with E-state index in [1.165, 1.54) is 0 Å². The Morgan fingerprint density at radius 1 is 1.05 bits per heavy atom. The second-order valence-corrected chi connectivity index (χ2v) is 10.5. The number of hydrogen-bond acceptors (Lipinski definition) is 6. The number of aliphatic hydroxyl groups is 1. The second kappa shape index (κ2) is 10.6. The number of aromatic nitrogens is 4. The van der Waals surface area contributed by atoms with E-state index in [9.17, 15) is 9.90 Å². The van der Waals surface area contributed by atoms with Crippen molar-refractivity contribution in [2.75, 3.05) is 19.7 Å². The van der Waals surface area contributed by atoms with E-state index in [0.717, 1.165) is 97.0 Å². The summed E-state index contributed by atoms with van der Waals surface area (Å²) in [7, 11) is 0. The predicted molar refractivity (Wildman–Crippen MR) is 148 cm³/mol. The number of likely N-dealkylation sites (tertiary alicyclic amines) is 1. The fraction of sp³-hybridized carbons (Fsp3) is 0.433. The molecule has 8 nitrogen and oxygen atoms in total. The molecule has 0 bridgehead atoms. The van der Waals surface area contributed by atoms with Crippen LogP contribution in [0.2, 0.25) is 0 Å². The summed E-state index contributed by atoms with van der Waals surface area (Å²) in [6.45, 7) is 6.33. The van der Waals surface area contributed by atoms with Gasteiger partial charge in [-0.1, -0.05) is 24.3 Å². The lowest BCUT2D eigenvalue weighted by Crippen LogP contribution is -2.38. The Morgan fingerprint density at radius 2 is 1.87 bits per heavy atom. The standard InChI is InChI=1S/C30H35N5O3/c1-21(38-24-9-10-24)33-15-12-23(13-16-33)35-28-11-14-31-19-29(28)34(30(35)37)20-27-26(8-4-5-17-36)25-7-3-2-6-22(25)18-32-27/h2-3,6-7,11,14,18-19,23-24,36H,1,4-5,8-10,12-13,15-17,20H2. The topological polar surface area (TPSA) is 85.4 Å². The number of aryl methyl sites for hydroxylation is 1. The lowest BCUT2D eigenvalue weighted by molar-refractivity contribution is 0.0812. The van der Waals surface area contributed by atoms with E-state index in [1.54, 1.807) is 12.4 Å². The van der Waals surface area contributed by atoms with Crippen molar-refractivity contribution in [1.29, 1.82) is 0 Å². The zero-order valence-corrected chi connectivity index (χ0v) is 21.8. The van der Waals surface area contributed by atoms with Gasteiger partial charge in [0.25, 0.3) is 0 Å². The minimum atomic E-state index is -0.0178. The number of benzene rings is 1. The number of aliphatic hydroxyl groups excluding tert-OH is 1. The summed E-state index contributed by atoms with van der Waals surface area (Å²) in [5.74, 6) is 0.765. The number of unbranched alkanes of at least 4 members (excludes halogenated alkanes) is 1. The highest BCUT2D eigenvalue weighted by molar-refractivity contribution is 5.85. The van der Waals surface area contributed by atoms with Gasteiger partial charge in [0, 0.05) is 43.5 Å². The molecule has 4 aromatic rings. The molecule has 1 saturated heterocycles. The van der Waals surface area contributed by atoms with Gasteiger partial charge in [0.1, 0.15) is 6.10 Å². The van der Waals surface area contributed by atoms with Gasteiger partial charge >= 0.3 is 5.69 Å². The van der Waals surface area contributed by atoms with Crippen molar-refractivity contribution < 1.29 is 9.84 Å². The molecular weight excluding hydrogens is 478 g/mol. The first-order valence-electron chi connectivity index (χ1n) is 13.8. The van der Waals surface area contributed by atoms with Crippen molar-refractivity contribution in [3.05, 3.63) is 83.1 Å². The molecule has 0 radical (unpaired) electrons. The second-order valence-electron chi connectivity index (χ2n) is 10.5. The molecule has 0 spiro atoms. The lowest BCUT2D eigenvalue weighted by Gasteiger charge is -2.34. The third kappa shape index (κ3) is 4.80. The van der Waals surface area contributed by atoms with Crippen LogP contribution in [0.4, 0.5) is 0 Å². The van der Waals surface area contributed by atoms with E-state index in [4.69, 9.17) is 9.72 Å². The minimum absolute atomic E-state index is 0.0178. The monoisotopic (exact) mass is 513 g/mol. The van der Waals surface area contributed by atoms with Crippen LogP contribution in [-0.2, 0) is 17.7 Å². The highest BCUT2D eigenvalue weighted by Crippen LogP contribution is 2.31. The number of nitrogens with zero attached hydrogens (tertiary/aromatic N) is 5. The summed E-state index contributed by atoms with van der Waals surface area (Å²) >= 11 is 0. The van der Waals surface area contributed by atoms with Crippen molar-refractivity contribution in [2.45, 2.75) is 63.6 Å². The minimum Gasteiger partial charge on any atom is -0.476 e. The van der Waals surface area contributed by atoms with Crippen LogP contribution in [0.3, 0.4) is 0 Å². The number of imidazole rings is 1. The highest BCUT2D eigenvalue weighted by atomic mass is 16.5. The molecule has 1 aliphatic heterocycles. The van der Waals surface area contributed by atoms with Gasteiger partial charge in [-0.05, 0) is 68.5 Å². The van der Waals surface area contributed by atoms with Gasteiger partial charge in [-0.25, -0.2) is 4.79 Å². The Bertz CT molecular complexity index is 1510. The number of fused-ring (bicyclic) bond motifs is 2. The molecule has 1 aliphatic carbocycles. The quantitative estimate of drug-likeness (QED) is 0.250. The molecule has 8 heteroatoms. The van der Waals surface area contributed by atoms with Crippen molar-refractivity contribution in [1.82, 2.24) is 24.0 Å². The molecule has 1 N–H and O–H groups in total. The van der Waals surface area contributed by atoms with Gasteiger partial charge in [-0.2, -0.15) is 0 Å². The molecule has 1 aromatic carbocycles. The van der Waals surface area contributed by atoms with Crippen LogP contribution >= 0.6 is 0 Å². The Kier molecular flexibility index (Phi) is 6.89. The fourth-order valence-electron chi connectivity index (χ4n) is 5.70. The van der Waals surface area contributed by atoms with Crippen molar-refractivity contribution >= 4 is 21.8 Å². The van der Waals surface area contributed by atoms with Crippen molar-refractivity contribution in [2.24, 2.45) is 0 Å². The van der Waals surface area contributed by atoms with Gasteiger partial charge in [-0.3, -0.25) is 19.1 Å². The zero-order valence-electron chi connectivity index (χ0n) is 21.8. The molecule has 2 aliphatic rings. The lowest BCUT2D eigenvalue weighted by atomic mass is 9.99. The summed E-state index contributed by atoms with van der Waals surface area (Å²) in [6, 6.07) is 10.3.